The summed E-state index contributed by atoms with van der Waals surface area (Å²) in [7, 11) is 2.13. The molecule has 0 spiro atoms. The lowest BCUT2D eigenvalue weighted by molar-refractivity contribution is -0.119. The van der Waals surface area contributed by atoms with Crippen LogP contribution in [0.3, 0.4) is 0 Å². The van der Waals surface area contributed by atoms with E-state index in [0.717, 1.165) is 54.8 Å². The molecule has 0 atom stereocenters. The molecule has 1 amide bonds. The Bertz CT molecular complexity index is 686. The van der Waals surface area contributed by atoms with Gasteiger partial charge in [0.15, 0.2) is 0 Å². The fourth-order valence-electron chi connectivity index (χ4n) is 3.47. The van der Waals surface area contributed by atoms with Gasteiger partial charge in [-0.15, -0.1) is 0 Å². The minimum absolute atomic E-state index is 0.189. The highest BCUT2D eigenvalue weighted by Gasteiger charge is 2.33. The van der Waals surface area contributed by atoms with E-state index >= 15 is 0 Å². The maximum absolute atomic E-state index is 12.6. The van der Waals surface area contributed by atoms with Gasteiger partial charge < -0.3 is 4.90 Å². The van der Waals surface area contributed by atoms with Gasteiger partial charge in [0.05, 0.1) is 10.9 Å². The second kappa shape index (κ2) is 4.80. The number of carbonyl (C=O) groups excluding carboxylic acids is 1. The maximum Gasteiger partial charge on any atom is 0.228 e. The number of nitrogens with one attached hydrogen (secondary N) is 1. The van der Waals surface area contributed by atoms with Crippen LogP contribution in [-0.4, -0.2) is 52.2 Å². The van der Waals surface area contributed by atoms with Crippen molar-refractivity contribution in [1.29, 1.82) is 0 Å². The SMILES string of the molecule is CN1CCC(N2C(=O)CCc3[nH]nc4ccnc2c34)CC1. The van der Waals surface area contributed by atoms with Gasteiger partial charge in [0, 0.05) is 24.4 Å². The molecule has 1 N–H and O–H groups in total. The molecule has 1 fully saturated rings. The summed E-state index contributed by atoms with van der Waals surface area (Å²) >= 11 is 0. The summed E-state index contributed by atoms with van der Waals surface area (Å²) in [5.74, 6) is 0.988. The third-order valence-corrected chi connectivity index (χ3v) is 4.66. The van der Waals surface area contributed by atoms with Crippen LogP contribution in [0.4, 0.5) is 5.82 Å². The van der Waals surface area contributed by atoms with E-state index in [1.807, 2.05) is 11.0 Å². The predicted molar refractivity (Wildman–Crippen MR) is 80.2 cm³/mol. The molecule has 6 nitrogen and oxygen atoms in total. The van der Waals surface area contributed by atoms with Crippen molar-refractivity contribution in [3.63, 3.8) is 0 Å². The van der Waals surface area contributed by atoms with Crippen LogP contribution < -0.4 is 4.90 Å². The van der Waals surface area contributed by atoms with Gasteiger partial charge in [-0.3, -0.25) is 14.8 Å². The first kappa shape index (κ1) is 12.8. The van der Waals surface area contributed by atoms with Crippen molar-refractivity contribution >= 4 is 22.6 Å². The van der Waals surface area contributed by atoms with Crippen LogP contribution >= 0.6 is 0 Å². The average molecular weight is 285 g/mol. The fourth-order valence-corrected chi connectivity index (χ4v) is 3.47. The summed E-state index contributed by atoms with van der Waals surface area (Å²) in [6.45, 7) is 2.06. The molecule has 2 aliphatic heterocycles. The zero-order valence-electron chi connectivity index (χ0n) is 12.2. The first-order valence-corrected chi connectivity index (χ1v) is 7.56. The molecule has 1 saturated heterocycles. The van der Waals surface area contributed by atoms with E-state index in [1.54, 1.807) is 6.20 Å². The molecule has 0 radical (unpaired) electrons. The fraction of sp³-hybridized carbons (Fsp3) is 0.533. The summed E-state index contributed by atoms with van der Waals surface area (Å²) < 4.78 is 0. The van der Waals surface area contributed by atoms with Gasteiger partial charge in [-0.25, -0.2) is 4.98 Å². The van der Waals surface area contributed by atoms with Crippen LogP contribution in [0.5, 0.6) is 0 Å². The van der Waals surface area contributed by atoms with E-state index in [0.29, 0.717) is 6.42 Å². The molecule has 0 unspecified atom stereocenters. The van der Waals surface area contributed by atoms with Gasteiger partial charge in [0.1, 0.15) is 5.82 Å². The highest BCUT2D eigenvalue weighted by Crippen LogP contribution is 2.33. The highest BCUT2D eigenvalue weighted by molar-refractivity contribution is 6.04. The molecule has 4 rings (SSSR count). The van der Waals surface area contributed by atoms with E-state index in [9.17, 15) is 4.79 Å². The van der Waals surface area contributed by atoms with Crippen molar-refractivity contribution < 1.29 is 4.79 Å². The molecule has 2 aromatic heterocycles. The lowest BCUT2D eigenvalue weighted by atomic mass is 10.0. The van der Waals surface area contributed by atoms with Gasteiger partial charge >= 0.3 is 0 Å². The molecule has 2 aromatic rings. The molecule has 4 heterocycles. The Morgan fingerprint density at radius 2 is 2.10 bits per heavy atom. The Balaban J connectivity index is 1.81. The number of nitrogens with zero attached hydrogens (tertiary/aromatic N) is 4. The Morgan fingerprint density at radius 3 is 2.90 bits per heavy atom. The van der Waals surface area contributed by atoms with Gasteiger partial charge in [-0.2, -0.15) is 5.10 Å². The second-order valence-corrected chi connectivity index (χ2v) is 6.03. The van der Waals surface area contributed by atoms with Crippen molar-refractivity contribution in [2.24, 2.45) is 0 Å². The van der Waals surface area contributed by atoms with Gasteiger partial charge in [-0.05, 0) is 45.5 Å². The van der Waals surface area contributed by atoms with E-state index in [4.69, 9.17) is 0 Å². The molecule has 0 saturated carbocycles. The summed E-state index contributed by atoms with van der Waals surface area (Å²) in [6.07, 6.45) is 5.01. The summed E-state index contributed by atoms with van der Waals surface area (Å²) in [4.78, 5) is 21.4. The zero-order chi connectivity index (χ0) is 14.4. The number of hydrogen-bond donors (Lipinski definition) is 1. The second-order valence-electron chi connectivity index (χ2n) is 6.03. The first-order chi connectivity index (χ1) is 10.2. The van der Waals surface area contributed by atoms with Crippen LogP contribution in [0, 0.1) is 0 Å². The average Bonchev–Trinajstić information content (AvgIpc) is 2.85. The molecule has 6 heteroatoms. The molecule has 21 heavy (non-hydrogen) atoms. The third-order valence-electron chi connectivity index (χ3n) is 4.66. The normalized spacial score (nSPS) is 21.0. The number of aryl methyl sites for hydroxylation is 1. The minimum Gasteiger partial charge on any atom is -0.306 e. The maximum atomic E-state index is 12.6. The monoisotopic (exact) mass is 285 g/mol. The van der Waals surface area contributed by atoms with Gasteiger partial charge in [0.2, 0.25) is 5.91 Å². The van der Waals surface area contributed by atoms with Crippen molar-refractivity contribution in [3.8, 4) is 0 Å². The summed E-state index contributed by atoms with van der Waals surface area (Å²) in [6, 6.07) is 2.16. The van der Waals surface area contributed by atoms with Crippen molar-refractivity contribution in [2.75, 3.05) is 25.0 Å². The quantitative estimate of drug-likeness (QED) is 0.858. The predicted octanol–water partition coefficient (Wildman–Crippen LogP) is 1.33. The van der Waals surface area contributed by atoms with Crippen molar-refractivity contribution in [2.45, 2.75) is 31.7 Å². The van der Waals surface area contributed by atoms with Crippen molar-refractivity contribution in [3.05, 3.63) is 18.0 Å². The lowest BCUT2D eigenvalue weighted by Crippen LogP contribution is -2.47. The summed E-state index contributed by atoms with van der Waals surface area (Å²) in [5, 5.41) is 8.44. The number of aromatic amines is 1. The Labute approximate surface area is 123 Å². The van der Waals surface area contributed by atoms with E-state index in [2.05, 4.69) is 27.1 Å². The topological polar surface area (TPSA) is 65.1 Å². The Morgan fingerprint density at radius 1 is 1.29 bits per heavy atom. The molecule has 0 bridgehead atoms. The van der Waals surface area contributed by atoms with E-state index in [-0.39, 0.29) is 11.9 Å². The largest absolute Gasteiger partial charge is 0.306 e. The number of anilines is 1. The Kier molecular flexibility index (Phi) is 2.92. The van der Waals surface area contributed by atoms with Gasteiger partial charge in [-0.1, -0.05) is 0 Å². The van der Waals surface area contributed by atoms with Crippen LogP contribution in [0.2, 0.25) is 0 Å². The minimum atomic E-state index is 0.189. The standard InChI is InChI=1S/C15H19N5O/c1-19-8-5-10(6-9-19)20-13(21)3-2-11-14-12(18-17-11)4-7-16-15(14)20/h4,7,10H,2-3,5-6,8-9H2,1H3,(H,17,18). The number of carbonyl (C=O) groups is 1. The lowest BCUT2D eigenvalue weighted by Gasteiger charge is -2.36. The number of rotatable bonds is 1. The molecule has 0 aliphatic carbocycles. The van der Waals surface area contributed by atoms with E-state index < -0.39 is 0 Å². The van der Waals surface area contributed by atoms with Gasteiger partial charge in [0.25, 0.3) is 0 Å². The van der Waals surface area contributed by atoms with Crippen LogP contribution in [0.15, 0.2) is 12.3 Å². The number of aromatic nitrogens is 3. The molecular weight excluding hydrogens is 266 g/mol. The van der Waals surface area contributed by atoms with Crippen molar-refractivity contribution in [1.82, 2.24) is 20.1 Å². The number of pyridine rings is 1. The molecule has 0 aromatic carbocycles. The van der Waals surface area contributed by atoms with E-state index in [1.165, 1.54) is 0 Å². The van der Waals surface area contributed by atoms with Crippen LogP contribution in [0.25, 0.3) is 10.9 Å². The number of piperidine rings is 1. The molecule has 2 aliphatic rings. The number of amides is 1. The third kappa shape index (κ3) is 2.01. The molecular formula is C15H19N5O. The highest BCUT2D eigenvalue weighted by atomic mass is 16.2. The number of likely N-dealkylation sites (tertiary alicyclic amines) is 1. The number of hydrogen-bond acceptors (Lipinski definition) is 4. The van der Waals surface area contributed by atoms with Crippen LogP contribution in [0.1, 0.15) is 25.0 Å². The number of H-pyrrole nitrogens is 1. The molecule has 110 valence electrons. The zero-order valence-corrected chi connectivity index (χ0v) is 12.2. The smallest absolute Gasteiger partial charge is 0.228 e. The summed E-state index contributed by atoms with van der Waals surface area (Å²) in [5.41, 5.74) is 1.94. The van der Waals surface area contributed by atoms with Crippen LogP contribution in [-0.2, 0) is 11.2 Å². The first-order valence-electron chi connectivity index (χ1n) is 7.56. The Hall–Kier alpha value is -1.95.